The van der Waals surface area contributed by atoms with Crippen LogP contribution in [-0.4, -0.2) is 42.7 Å². The van der Waals surface area contributed by atoms with Crippen molar-refractivity contribution in [3.8, 4) is 5.75 Å². The maximum atomic E-state index is 12.8. The maximum absolute atomic E-state index is 12.8. The van der Waals surface area contributed by atoms with Gasteiger partial charge in [-0.3, -0.25) is 13.9 Å². The number of halogens is 1. The topological polar surface area (TPSA) is 99.2 Å². The Labute approximate surface area is 188 Å². The number of rotatable bonds is 6. The molecule has 0 radical (unpaired) electrons. The average molecular weight is 465 g/mol. The zero-order chi connectivity index (χ0) is 22.9. The molecular formula is C21H25ClN4O4S. The standard InChI is InChI=1S/C21H25ClN4O4S/c1-21(2,3)19-23-16-15(18(28)26(5)20(29)25(16)4)17(24-19)31-11-13(27)10-30-14-8-6-12(22)7-9-14/h6-9,13,27H,10-11H2,1-5H3/t13-/m1/s1. The highest BCUT2D eigenvalue weighted by Gasteiger charge is 2.24. The highest BCUT2D eigenvalue weighted by atomic mass is 35.5. The van der Waals surface area contributed by atoms with E-state index in [1.54, 1.807) is 31.3 Å². The predicted octanol–water partition coefficient (Wildman–Crippen LogP) is 2.51. The average Bonchev–Trinajstić information content (AvgIpc) is 2.73. The number of aliphatic hydroxyl groups is 1. The minimum Gasteiger partial charge on any atom is -0.491 e. The summed E-state index contributed by atoms with van der Waals surface area (Å²) in [5.41, 5.74) is -1.03. The fourth-order valence-corrected chi connectivity index (χ4v) is 3.86. The van der Waals surface area contributed by atoms with E-state index in [0.29, 0.717) is 21.6 Å². The molecule has 2 aromatic heterocycles. The van der Waals surface area contributed by atoms with E-state index in [-0.39, 0.29) is 23.4 Å². The van der Waals surface area contributed by atoms with E-state index in [0.717, 1.165) is 4.57 Å². The number of aryl methyl sites for hydroxylation is 1. The lowest BCUT2D eigenvalue weighted by molar-refractivity contribution is 0.126. The van der Waals surface area contributed by atoms with Crippen LogP contribution in [-0.2, 0) is 19.5 Å². The first kappa shape index (κ1) is 23.3. The van der Waals surface area contributed by atoms with Crippen LogP contribution in [0.4, 0.5) is 0 Å². The van der Waals surface area contributed by atoms with Gasteiger partial charge in [0, 0.05) is 30.3 Å². The molecule has 0 saturated heterocycles. The molecule has 0 spiro atoms. The van der Waals surface area contributed by atoms with Gasteiger partial charge in [0.1, 0.15) is 28.6 Å². The summed E-state index contributed by atoms with van der Waals surface area (Å²) in [6, 6.07) is 6.86. The summed E-state index contributed by atoms with van der Waals surface area (Å²) in [7, 11) is 3.00. The second kappa shape index (κ2) is 9.02. The van der Waals surface area contributed by atoms with Crippen LogP contribution in [0.5, 0.6) is 5.75 Å². The van der Waals surface area contributed by atoms with Gasteiger partial charge in [-0.15, -0.1) is 11.8 Å². The lowest BCUT2D eigenvalue weighted by Gasteiger charge is -2.19. The van der Waals surface area contributed by atoms with Crippen LogP contribution in [0.2, 0.25) is 5.02 Å². The molecule has 0 aliphatic rings. The van der Waals surface area contributed by atoms with Crippen LogP contribution in [0.25, 0.3) is 11.0 Å². The minimum absolute atomic E-state index is 0.0697. The minimum atomic E-state index is -0.805. The largest absolute Gasteiger partial charge is 0.491 e. The smallest absolute Gasteiger partial charge is 0.332 e. The lowest BCUT2D eigenvalue weighted by Crippen LogP contribution is -2.38. The van der Waals surface area contributed by atoms with Gasteiger partial charge in [-0.25, -0.2) is 14.8 Å². The SMILES string of the molecule is Cn1c(=O)c2c(SC[C@H](O)COc3ccc(Cl)cc3)nc(C(C)(C)C)nc2n(C)c1=O. The fourth-order valence-electron chi connectivity index (χ4n) is 2.82. The molecule has 0 aliphatic carbocycles. The van der Waals surface area contributed by atoms with Crippen molar-refractivity contribution in [2.24, 2.45) is 14.1 Å². The Balaban J connectivity index is 1.90. The first-order valence-electron chi connectivity index (χ1n) is 9.66. The summed E-state index contributed by atoms with van der Waals surface area (Å²) in [6.45, 7) is 5.93. The number of benzene rings is 1. The zero-order valence-electron chi connectivity index (χ0n) is 18.0. The van der Waals surface area contributed by atoms with E-state index in [2.05, 4.69) is 9.97 Å². The molecule has 8 nitrogen and oxygen atoms in total. The van der Waals surface area contributed by atoms with Crippen LogP contribution < -0.4 is 16.0 Å². The van der Waals surface area contributed by atoms with Crippen LogP contribution in [0.15, 0.2) is 38.9 Å². The van der Waals surface area contributed by atoms with Crippen LogP contribution in [0, 0.1) is 0 Å². The van der Waals surface area contributed by atoms with Crippen molar-refractivity contribution in [3.63, 3.8) is 0 Å². The van der Waals surface area contributed by atoms with Crippen molar-refractivity contribution >= 4 is 34.4 Å². The number of fused-ring (bicyclic) bond motifs is 1. The summed E-state index contributed by atoms with van der Waals surface area (Å²) < 4.78 is 7.97. The van der Waals surface area contributed by atoms with Crippen molar-refractivity contribution in [2.75, 3.05) is 12.4 Å². The fraction of sp³-hybridized carbons (Fsp3) is 0.429. The molecular weight excluding hydrogens is 440 g/mol. The highest BCUT2D eigenvalue weighted by Crippen LogP contribution is 2.27. The predicted molar refractivity (Wildman–Crippen MR) is 122 cm³/mol. The number of thioether (sulfide) groups is 1. The molecule has 3 rings (SSSR count). The highest BCUT2D eigenvalue weighted by molar-refractivity contribution is 7.99. The van der Waals surface area contributed by atoms with E-state index in [1.165, 1.54) is 23.4 Å². The van der Waals surface area contributed by atoms with Gasteiger partial charge in [0.15, 0.2) is 5.65 Å². The molecule has 1 N–H and O–H groups in total. The second-order valence-electron chi connectivity index (χ2n) is 8.24. The van der Waals surface area contributed by atoms with Gasteiger partial charge in [-0.1, -0.05) is 32.4 Å². The summed E-state index contributed by atoms with van der Waals surface area (Å²) in [5.74, 6) is 1.35. The van der Waals surface area contributed by atoms with Crippen molar-refractivity contribution in [1.82, 2.24) is 19.1 Å². The zero-order valence-corrected chi connectivity index (χ0v) is 19.6. The van der Waals surface area contributed by atoms with Crippen LogP contribution in [0.3, 0.4) is 0 Å². The van der Waals surface area contributed by atoms with E-state index < -0.39 is 22.8 Å². The van der Waals surface area contributed by atoms with Crippen molar-refractivity contribution in [2.45, 2.75) is 37.3 Å². The van der Waals surface area contributed by atoms with Gasteiger partial charge in [0.2, 0.25) is 0 Å². The third kappa shape index (κ3) is 5.11. The van der Waals surface area contributed by atoms with E-state index >= 15 is 0 Å². The Morgan fingerprint density at radius 1 is 1.13 bits per heavy atom. The molecule has 1 atom stereocenters. The molecule has 0 unspecified atom stereocenters. The van der Waals surface area contributed by atoms with Crippen LogP contribution in [0.1, 0.15) is 26.6 Å². The number of hydrogen-bond donors (Lipinski definition) is 1. The Morgan fingerprint density at radius 3 is 2.39 bits per heavy atom. The quantitative estimate of drug-likeness (QED) is 0.442. The number of ether oxygens (including phenoxy) is 1. The molecule has 0 aliphatic heterocycles. The normalized spacial score (nSPS) is 12.9. The summed E-state index contributed by atoms with van der Waals surface area (Å²) in [4.78, 5) is 34.3. The third-order valence-electron chi connectivity index (χ3n) is 4.61. The molecule has 3 aromatic rings. The number of hydrogen-bond acceptors (Lipinski definition) is 7. The lowest BCUT2D eigenvalue weighted by atomic mass is 9.96. The molecule has 31 heavy (non-hydrogen) atoms. The number of nitrogens with zero attached hydrogens (tertiary/aromatic N) is 4. The first-order valence-corrected chi connectivity index (χ1v) is 11.0. The molecule has 10 heteroatoms. The molecule has 0 amide bonds. The van der Waals surface area contributed by atoms with Crippen molar-refractivity contribution in [1.29, 1.82) is 0 Å². The first-order chi connectivity index (χ1) is 14.5. The summed E-state index contributed by atoms with van der Waals surface area (Å²) in [6.07, 6.45) is -0.805. The maximum Gasteiger partial charge on any atom is 0.332 e. The van der Waals surface area contributed by atoms with Gasteiger partial charge in [-0.05, 0) is 24.3 Å². The number of aromatic nitrogens is 4. The van der Waals surface area contributed by atoms with Gasteiger partial charge < -0.3 is 9.84 Å². The Kier molecular flexibility index (Phi) is 6.78. The molecule has 0 saturated carbocycles. The molecule has 1 aromatic carbocycles. The Morgan fingerprint density at radius 2 is 1.77 bits per heavy atom. The third-order valence-corrected chi connectivity index (χ3v) is 5.98. The van der Waals surface area contributed by atoms with Crippen molar-refractivity contribution in [3.05, 3.63) is 56.0 Å². The second-order valence-corrected chi connectivity index (χ2v) is 9.68. The monoisotopic (exact) mass is 464 g/mol. The van der Waals surface area contributed by atoms with Crippen LogP contribution >= 0.6 is 23.4 Å². The number of aliphatic hydroxyl groups excluding tert-OH is 1. The van der Waals surface area contributed by atoms with Gasteiger partial charge >= 0.3 is 5.69 Å². The Hall–Kier alpha value is -2.36. The van der Waals surface area contributed by atoms with E-state index in [1.807, 2.05) is 20.8 Å². The molecule has 0 fully saturated rings. The van der Waals surface area contributed by atoms with Gasteiger partial charge in [-0.2, -0.15) is 0 Å². The summed E-state index contributed by atoms with van der Waals surface area (Å²) in [5, 5.41) is 11.7. The molecule has 2 heterocycles. The Bertz CT molecular complexity index is 1220. The molecule has 0 bridgehead atoms. The van der Waals surface area contributed by atoms with E-state index in [9.17, 15) is 14.7 Å². The van der Waals surface area contributed by atoms with Crippen molar-refractivity contribution < 1.29 is 9.84 Å². The van der Waals surface area contributed by atoms with Gasteiger partial charge in [0.25, 0.3) is 5.56 Å². The summed E-state index contributed by atoms with van der Waals surface area (Å²) >= 11 is 7.09. The van der Waals surface area contributed by atoms with E-state index in [4.69, 9.17) is 16.3 Å². The molecule has 166 valence electrons. The van der Waals surface area contributed by atoms with Gasteiger partial charge in [0.05, 0.1) is 6.10 Å².